The highest BCUT2D eigenvalue weighted by molar-refractivity contribution is 5.89. The first-order chi connectivity index (χ1) is 8.42. The van der Waals surface area contributed by atoms with Crippen LogP contribution in [0.25, 0.3) is 0 Å². The van der Waals surface area contributed by atoms with Crippen LogP contribution in [0, 0.1) is 0 Å². The first-order valence-electron chi connectivity index (χ1n) is 6.10. The van der Waals surface area contributed by atoms with Crippen LogP contribution < -0.4 is 0 Å². The fourth-order valence-electron chi connectivity index (χ4n) is 1.53. The van der Waals surface area contributed by atoms with Gasteiger partial charge in [0.05, 0.1) is 46.5 Å². The van der Waals surface area contributed by atoms with Crippen molar-refractivity contribution < 1.29 is 19.1 Å². The highest BCUT2D eigenvalue weighted by Crippen LogP contribution is 2.06. The fraction of sp³-hybridized carbons (Fsp3) is 0.500. The lowest BCUT2D eigenvalue weighted by atomic mass is 10.1. The zero-order valence-electron chi connectivity index (χ0n) is 11.3. The van der Waals surface area contributed by atoms with E-state index in [1.807, 2.05) is 0 Å². The topological polar surface area (TPSA) is 46.5 Å². The van der Waals surface area contributed by atoms with E-state index in [1.54, 1.807) is 24.3 Å². The molecule has 0 radical (unpaired) electrons. The molecular weight excluding hydrogens is 230 g/mol. The van der Waals surface area contributed by atoms with Crippen molar-refractivity contribution in [3.63, 3.8) is 0 Å². The van der Waals surface area contributed by atoms with E-state index in [9.17, 15) is 4.79 Å². The van der Waals surface area contributed by atoms with Crippen LogP contribution in [0.1, 0.15) is 22.3 Å². The lowest BCUT2D eigenvalue weighted by molar-refractivity contribution is -0.870. The monoisotopic (exact) mass is 252 g/mol. The predicted molar refractivity (Wildman–Crippen MR) is 70.2 cm³/mol. The normalized spacial score (nSPS) is 11.3. The molecule has 0 aliphatic heterocycles. The number of esters is 1. The standard InChI is InChI=1S/C14H22NO3/c1-15(2,3)9-4-10-18-14(17)13-7-5-12(11-16)6-8-13/h5-8,16H,4,9-11H2,1-3H3/q+1. The maximum absolute atomic E-state index is 11.7. The van der Waals surface area contributed by atoms with Gasteiger partial charge in [0.15, 0.2) is 0 Å². The molecule has 0 spiro atoms. The SMILES string of the molecule is C[N+](C)(C)CCCOC(=O)c1ccc(CO)cc1. The van der Waals surface area contributed by atoms with Gasteiger partial charge in [-0.25, -0.2) is 4.79 Å². The largest absolute Gasteiger partial charge is 0.462 e. The van der Waals surface area contributed by atoms with E-state index in [2.05, 4.69) is 21.1 Å². The van der Waals surface area contributed by atoms with Gasteiger partial charge in [-0.15, -0.1) is 0 Å². The number of aliphatic hydroxyl groups excluding tert-OH is 1. The van der Waals surface area contributed by atoms with Crippen LogP contribution in [0.3, 0.4) is 0 Å². The number of hydrogen-bond acceptors (Lipinski definition) is 3. The van der Waals surface area contributed by atoms with Crippen molar-refractivity contribution in [3.8, 4) is 0 Å². The third-order valence-electron chi connectivity index (χ3n) is 2.58. The lowest BCUT2D eigenvalue weighted by Gasteiger charge is -2.23. The number of carbonyl (C=O) groups is 1. The average Bonchev–Trinajstić information content (AvgIpc) is 2.33. The van der Waals surface area contributed by atoms with Crippen molar-refractivity contribution in [2.45, 2.75) is 13.0 Å². The molecule has 4 nitrogen and oxygen atoms in total. The Morgan fingerprint density at radius 2 is 1.83 bits per heavy atom. The van der Waals surface area contributed by atoms with E-state index in [1.165, 1.54) is 0 Å². The molecule has 0 atom stereocenters. The van der Waals surface area contributed by atoms with Crippen LogP contribution in [-0.4, -0.2) is 49.9 Å². The number of nitrogens with zero attached hydrogens (tertiary/aromatic N) is 1. The molecule has 0 aromatic heterocycles. The molecule has 18 heavy (non-hydrogen) atoms. The second kappa shape index (κ2) is 6.52. The van der Waals surface area contributed by atoms with Gasteiger partial charge in [-0.05, 0) is 17.7 Å². The van der Waals surface area contributed by atoms with Gasteiger partial charge in [-0.3, -0.25) is 0 Å². The van der Waals surface area contributed by atoms with Gasteiger partial charge in [0.25, 0.3) is 0 Å². The molecule has 0 aliphatic rings. The summed E-state index contributed by atoms with van der Waals surface area (Å²) in [5.41, 5.74) is 1.31. The molecule has 0 bridgehead atoms. The van der Waals surface area contributed by atoms with Crippen LogP contribution >= 0.6 is 0 Å². The maximum atomic E-state index is 11.7. The summed E-state index contributed by atoms with van der Waals surface area (Å²) in [6, 6.07) is 6.80. The minimum Gasteiger partial charge on any atom is -0.462 e. The molecule has 1 rings (SSSR count). The maximum Gasteiger partial charge on any atom is 0.338 e. The smallest absolute Gasteiger partial charge is 0.338 e. The Balaban J connectivity index is 2.36. The molecule has 100 valence electrons. The van der Waals surface area contributed by atoms with E-state index < -0.39 is 0 Å². The number of benzene rings is 1. The van der Waals surface area contributed by atoms with Gasteiger partial charge < -0.3 is 14.3 Å². The van der Waals surface area contributed by atoms with E-state index in [0.29, 0.717) is 12.2 Å². The number of hydrogen-bond donors (Lipinski definition) is 1. The minimum atomic E-state index is -0.305. The Morgan fingerprint density at radius 3 is 2.33 bits per heavy atom. The van der Waals surface area contributed by atoms with E-state index >= 15 is 0 Å². The molecule has 0 amide bonds. The van der Waals surface area contributed by atoms with Gasteiger partial charge >= 0.3 is 5.97 Å². The zero-order chi connectivity index (χ0) is 13.6. The quantitative estimate of drug-likeness (QED) is 0.473. The molecule has 1 N–H and O–H groups in total. The number of ether oxygens (including phenoxy) is 1. The van der Waals surface area contributed by atoms with Gasteiger partial charge in [-0.2, -0.15) is 0 Å². The summed E-state index contributed by atoms with van der Waals surface area (Å²) >= 11 is 0. The molecule has 1 aromatic carbocycles. The van der Waals surface area contributed by atoms with Crippen molar-refractivity contribution in [2.24, 2.45) is 0 Å². The number of carbonyl (C=O) groups excluding carboxylic acids is 1. The average molecular weight is 252 g/mol. The molecule has 0 saturated heterocycles. The molecule has 4 heteroatoms. The van der Waals surface area contributed by atoms with Crippen LogP contribution in [0.15, 0.2) is 24.3 Å². The minimum absolute atomic E-state index is 0.0151. The Kier molecular flexibility index (Phi) is 5.31. The summed E-state index contributed by atoms with van der Waals surface area (Å²) in [6.07, 6.45) is 0.851. The Labute approximate surface area is 108 Å². The van der Waals surface area contributed by atoms with Crippen LogP contribution in [0.2, 0.25) is 0 Å². The Morgan fingerprint density at radius 1 is 1.22 bits per heavy atom. The summed E-state index contributed by atoms with van der Waals surface area (Å²) in [6.45, 7) is 1.39. The zero-order valence-corrected chi connectivity index (χ0v) is 11.3. The molecule has 0 aliphatic carbocycles. The van der Waals surface area contributed by atoms with Crippen molar-refractivity contribution >= 4 is 5.97 Å². The summed E-state index contributed by atoms with van der Waals surface area (Å²) in [5, 5.41) is 8.90. The van der Waals surface area contributed by atoms with Crippen molar-refractivity contribution in [2.75, 3.05) is 34.3 Å². The van der Waals surface area contributed by atoms with Crippen molar-refractivity contribution in [1.82, 2.24) is 0 Å². The van der Waals surface area contributed by atoms with Crippen LogP contribution in [0.5, 0.6) is 0 Å². The molecule has 0 heterocycles. The first-order valence-corrected chi connectivity index (χ1v) is 6.10. The van der Waals surface area contributed by atoms with E-state index in [0.717, 1.165) is 23.0 Å². The molecule has 0 unspecified atom stereocenters. The predicted octanol–water partition coefficient (Wildman–Crippen LogP) is 1.43. The third-order valence-corrected chi connectivity index (χ3v) is 2.58. The van der Waals surface area contributed by atoms with E-state index in [-0.39, 0.29) is 12.6 Å². The first kappa shape index (κ1) is 14.7. The summed E-state index contributed by atoms with van der Waals surface area (Å²) in [4.78, 5) is 11.7. The summed E-state index contributed by atoms with van der Waals surface area (Å²) < 4.78 is 6.05. The number of rotatable bonds is 6. The highest BCUT2D eigenvalue weighted by Gasteiger charge is 2.09. The van der Waals surface area contributed by atoms with E-state index in [4.69, 9.17) is 9.84 Å². The Bertz CT molecular complexity index is 379. The second-order valence-electron chi connectivity index (χ2n) is 5.36. The highest BCUT2D eigenvalue weighted by atomic mass is 16.5. The van der Waals surface area contributed by atoms with Gasteiger partial charge in [0.1, 0.15) is 0 Å². The van der Waals surface area contributed by atoms with Crippen LogP contribution in [-0.2, 0) is 11.3 Å². The summed E-state index contributed by atoms with van der Waals surface area (Å²) in [5.74, 6) is -0.305. The van der Waals surface area contributed by atoms with Crippen molar-refractivity contribution in [1.29, 1.82) is 0 Å². The number of quaternary nitrogens is 1. The fourth-order valence-corrected chi connectivity index (χ4v) is 1.53. The molecule has 0 saturated carbocycles. The van der Waals surface area contributed by atoms with Crippen molar-refractivity contribution in [3.05, 3.63) is 35.4 Å². The molecule has 1 aromatic rings. The second-order valence-corrected chi connectivity index (χ2v) is 5.36. The van der Waals surface area contributed by atoms with Crippen LogP contribution in [0.4, 0.5) is 0 Å². The molecule has 0 fully saturated rings. The number of aliphatic hydroxyl groups is 1. The summed E-state index contributed by atoms with van der Waals surface area (Å²) in [7, 11) is 6.32. The van der Waals surface area contributed by atoms with Gasteiger partial charge in [-0.1, -0.05) is 12.1 Å². The third kappa shape index (κ3) is 5.29. The Hall–Kier alpha value is -1.39. The van der Waals surface area contributed by atoms with Gasteiger partial charge in [0.2, 0.25) is 0 Å². The van der Waals surface area contributed by atoms with Gasteiger partial charge in [0, 0.05) is 6.42 Å². The lowest BCUT2D eigenvalue weighted by Crippen LogP contribution is -2.35. The molecular formula is C14H22NO3+.